The SMILES string of the molecule is N#Cc1cnc(COC23CC4CC(CC(C4)C2)C3)s1. The number of nitriles is 1. The molecule has 4 bridgehead atoms. The van der Waals surface area contributed by atoms with Crippen LogP contribution in [0.2, 0.25) is 0 Å². The van der Waals surface area contributed by atoms with E-state index in [1.807, 2.05) is 0 Å². The van der Waals surface area contributed by atoms with E-state index in [2.05, 4.69) is 11.1 Å². The van der Waals surface area contributed by atoms with Crippen LogP contribution >= 0.6 is 11.3 Å². The normalized spacial score (nSPS) is 39.4. The van der Waals surface area contributed by atoms with Gasteiger partial charge in [0.15, 0.2) is 0 Å². The van der Waals surface area contributed by atoms with Crippen molar-refractivity contribution in [1.29, 1.82) is 5.26 Å². The molecule has 0 aliphatic heterocycles. The zero-order valence-electron chi connectivity index (χ0n) is 11.0. The van der Waals surface area contributed by atoms with Crippen molar-refractivity contribution in [2.45, 2.75) is 50.7 Å². The maximum absolute atomic E-state index is 8.83. The average Bonchev–Trinajstić information content (AvgIpc) is 2.83. The van der Waals surface area contributed by atoms with Gasteiger partial charge in [0.25, 0.3) is 0 Å². The van der Waals surface area contributed by atoms with Gasteiger partial charge in [-0.1, -0.05) is 0 Å². The third kappa shape index (κ3) is 2.09. The van der Waals surface area contributed by atoms with Crippen LogP contribution in [-0.2, 0) is 11.3 Å². The maximum atomic E-state index is 8.83. The fourth-order valence-corrected chi connectivity index (χ4v) is 5.48. The summed E-state index contributed by atoms with van der Waals surface area (Å²) in [6, 6.07) is 2.14. The van der Waals surface area contributed by atoms with Gasteiger partial charge in [-0.05, 0) is 56.3 Å². The molecule has 0 radical (unpaired) electrons. The number of rotatable bonds is 3. The Balaban J connectivity index is 1.46. The second kappa shape index (κ2) is 4.29. The van der Waals surface area contributed by atoms with Gasteiger partial charge >= 0.3 is 0 Å². The molecule has 3 nitrogen and oxygen atoms in total. The molecule has 0 amide bonds. The number of nitrogens with zero attached hydrogens (tertiary/aromatic N) is 2. The molecule has 4 heteroatoms. The van der Waals surface area contributed by atoms with E-state index in [1.54, 1.807) is 6.20 Å². The van der Waals surface area contributed by atoms with Crippen molar-refractivity contribution in [3.05, 3.63) is 16.1 Å². The molecule has 1 heterocycles. The fourth-order valence-electron chi connectivity index (χ4n) is 4.85. The first-order chi connectivity index (χ1) is 9.25. The molecule has 1 aromatic rings. The van der Waals surface area contributed by atoms with Crippen molar-refractivity contribution in [2.75, 3.05) is 0 Å². The van der Waals surface area contributed by atoms with Crippen molar-refractivity contribution in [2.24, 2.45) is 17.8 Å². The Kier molecular flexibility index (Phi) is 2.68. The molecule has 0 atom stereocenters. The molecule has 0 saturated heterocycles. The van der Waals surface area contributed by atoms with Crippen LogP contribution in [-0.4, -0.2) is 10.6 Å². The van der Waals surface area contributed by atoms with E-state index in [0.29, 0.717) is 11.5 Å². The van der Waals surface area contributed by atoms with E-state index in [-0.39, 0.29) is 5.60 Å². The van der Waals surface area contributed by atoms with Crippen LogP contribution in [0, 0.1) is 29.1 Å². The summed E-state index contributed by atoms with van der Waals surface area (Å²) < 4.78 is 6.32. The summed E-state index contributed by atoms with van der Waals surface area (Å²) in [5.74, 6) is 2.74. The van der Waals surface area contributed by atoms with Crippen LogP contribution in [0.1, 0.15) is 48.4 Å². The lowest BCUT2D eigenvalue weighted by Crippen LogP contribution is -2.51. The lowest BCUT2D eigenvalue weighted by Gasteiger charge is -2.56. The number of hydrogen-bond acceptors (Lipinski definition) is 4. The summed E-state index contributed by atoms with van der Waals surface area (Å²) >= 11 is 1.46. The minimum Gasteiger partial charge on any atom is -0.368 e. The molecular formula is C15H18N2OS. The van der Waals surface area contributed by atoms with Gasteiger partial charge < -0.3 is 4.74 Å². The molecule has 4 saturated carbocycles. The fraction of sp³-hybridized carbons (Fsp3) is 0.733. The van der Waals surface area contributed by atoms with Gasteiger partial charge in [0.2, 0.25) is 0 Å². The van der Waals surface area contributed by atoms with Crippen molar-refractivity contribution < 1.29 is 4.74 Å². The van der Waals surface area contributed by atoms with E-state index in [4.69, 9.17) is 10.00 Å². The van der Waals surface area contributed by atoms with E-state index < -0.39 is 0 Å². The van der Waals surface area contributed by atoms with Gasteiger partial charge in [0.1, 0.15) is 16.0 Å². The van der Waals surface area contributed by atoms with E-state index in [1.165, 1.54) is 49.9 Å². The van der Waals surface area contributed by atoms with Crippen LogP contribution in [0.3, 0.4) is 0 Å². The van der Waals surface area contributed by atoms with Gasteiger partial charge in [0.05, 0.1) is 18.4 Å². The molecular weight excluding hydrogens is 256 g/mol. The van der Waals surface area contributed by atoms with E-state index >= 15 is 0 Å². The number of aromatic nitrogens is 1. The van der Waals surface area contributed by atoms with Crippen LogP contribution in [0.4, 0.5) is 0 Å². The highest BCUT2D eigenvalue weighted by atomic mass is 32.1. The summed E-state index contributed by atoms with van der Waals surface area (Å²) in [7, 11) is 0. The van der Waals surface area contributed by atoms with E-state index in [0.717, 1.165) is 22.8 Å². The van der Waals surface area contributed by atoms with Gasteiger partial charge in [-0.3, -0.25) is 0 Å². The minimum atomic E-state index is 0.146. The second-order valence-corrected chi connectivity index (χ2v) is 7.73. The molecule has 5 rings (SSSR count). The third-order valence-corrected chi connectivity index (χ3v) is 6.02. The van der Waals surface area contributed by atoms with Crippen LogP contribution in [0.25, 0.3) is 0 Å². The molecule has 19 heavy (non-hydrogen) atoms. The number of thiazole rings is 1. The summed E-state index contributed by atoms with van der Waals surface area (Å²) in [5, 5.41) is 9.78. The number of ether oxygens (including phenoxy) is 1. The zero-order valence-corrected chi connectivity index (χ0v) is 11.8. The Labute approximate surface area is 117 Å². The summed E-state index contributed by atoms with van der Waals surface area (Å²) in [4.78, 5) is 4.96. The van der Waals surface area contributed by atoms with Crippen LogP contribution in [0.5, 0.6) is 0 Å². The third-order valence-electron chi connectivity index (χ3n) is 5.15. The molecule has 0 N–H and O–H groups in total. The summed E-state index contributed by atoms with van der Waals surface area (Å²) in [6.45, 7) is 0.596. The topological polar surface area (TPSA) is 45.9 Å². The molecule has 4 aliphatic rings. The maximum Gasteiger partial charge on any atom is 0.124 e. The molecule has 0 unspecified atom stereocenters. The van der Waals surface area contributed by atoms with Crippen molar-refractivity contribution in [3.63, 3.8) is 0 Å². The quantitative estimate of drug-likeness (QED) is 0.847. The molecule has 0 spiro atoms. The first-order valence-electron chi connectivity index (χ1n) is 7.23. The highest BCUT2D eigenvalue weighted by Gasteiger charge is 2.51. The molecule has 4 aliphatic carbocycles. The standard InChI is InChI=1S/C15H18N2OS/c16-7-13-8-17-14(19-13)9-18-15-4-10-1-11(5-15)3-12(2-10)6-15/h8,10-12H,1-6,9H2. The molecule has 1 aromatic heterocycles. The van der Waals surface area contributed by atoms with E-state index in [9.17, 15) is 0 Å². The Morgan fingerprint density at radius 2 is 1.89 bits per heavy atom. The molecule has 100 valence electrons. The van der Waals surface area contributed by atoms with Gasteiger partial charge in [-0.25, -0.2) is 4.98 Å². The highest BCUT2D eigenvalue weighted by molar-refractivity contribution is 7.12. The largest absolute Gasteiger partial charge is 0.368 e. The monoisotopic (exact) mass is 274 g/mol. The first kappa shape index (κ1) is 11.9. The van der Waals surface area contributed by atoms with Gasteiger partial charge in [-0.2, -0.15) is 5.26 Å². The van der Waals surface area contributed by atoms with Crippen molar-refractivity contribution in [3.8, 4) is 6.07 Å². The van der Waals surface area contributed by atoms with Crippen LogP contribution < -0.4 is 0 Å². The summed E-state index contributed by atoms with van der Waals surface area (Å²) in [6.07, 6.45) is 9.76. The predicted octanol–water partition coefficient (Wildman–Crippen LogP) is 3.50. The molecule has 0 aromatic carbocycles. The Bertz CT molecular complexity index is 495. The second-order valence-electron chi connectivity index (χ2n) is 6.62. The minimum absolute atomic E-state index is 0.146. The number of hydrogen-bond donors (Lipinski definition) is 0. The zero-order chi connectivity index (χ0) is 12.9. The Morgan fingerprint density at radius 1 is 1.26 bits per heavy atom. The smallest absolute Gasteiger partial charge is 0.124 e. The van der Waals surface area contributed by atoms with Crippen LogP contribution in [0.15, 0.2) is 6.20 Å². The van der Waals surface area contributed by atoms with Crippen molar-refractivity contribution in [1.82, 2.24) is 4.98 Å². The summed E-state index contributed by atoms with van der Waals surface area (Å²) in [5.41, 5.74) is 0.146. The first-order valence-corrected chi connectivity index (χ1v) is 8.05. The highest BCUT2D eigenvalue weighted by Crippen LogP contribution is 2.57. The predicted molar refractivity (Wildman–Crippen MR) is 72.5 cm³/mol. The lowest BCUT2D eigenvalue weighted by molar-refractivity contribution is -0.168. The van der Waals surface area contributed by atoms with Crippen molar-refractivity contribution >= 4 is 11.3 Å². The Morgan fingerprint density at radius 3 is 2.42 bits per heavy atom. The molecule has 4 fully saturated rings. The van der Waals surface area contributed by atoms with Gasteiger partial charge in [-0.15, -0.1) is 11.3 Å². The van der Waals surface area contributed by atoms with Gasteiger partial charge in [0, 0.05) is 0 Å². The lowest BCUT2D eigenvalue weighted by atomic mass is 9.54. The average molecular weight is 274 g/mol. The Hall–Kier alpha value is -0.920.